The van der Waals surface area contributed by atoms with Crippen LogP contribution in [0.3, 0.4) is 0 Å². The molecule has 1 fully saturated rings. The van der Waals surface area contributed by atoms with Gasteiger partial charge in [-0.05, 0) is 50.5 Å². The van der Waals surface area contributed by atoms with Crippen LogP contribution in [-0.4, -0.2) is 24.0 Å². The maximum Gasteiger partial charge on any atom is 0.352 e. The van der Waals surface area contributed by atoms with Gasteiger partial charge in [0.05, 0.1) is 12.8 Å². The van der Waals surface area contributed by atoms with E-state index >= 15 is 0 Å². The Morgan fingerprint density at radius 1 is 1.31 bits per heavy atom. The smallest absolute Gasteiger partial charge is 0.352 e. The zero-order chi connectivity index (χ0) is 18.7. The minimum Gasteiger partial charge on any atom is -0.431 e. The van der Waals surface area contributed by atoms with Gasteiger partial charge in [-0.15, -0.1) is 0 Å². The Labute approximate surface area is 155 Å². The van der Waals surface area contributed by atoms with Crippen LogP contribution in [0.15, 0.2) is 24.4 Å². The maximum atomic E-state index is 12.3. The SMILES string of the molecule is CON(C(=O)NC(=O)C1CCC1)c1ccc(Oc2ncc(C)s2)c(C)c1. The van der Waals surface area contributed by atoms with E-state index in [9.17, 15) is 9.59 Å². The van der Waals surface area contributed by atoms with Crippen molar-refractivity contribution in [3.05, 3.63) is 34.8 Å². The van der Waals surface area contributed by atoms with Gasteiger partial charge in [0.2, 0.25) is 5.91 Å². The molecule has 0 saturated heterocycles. The van der Waals surface area contributed by atoms with Crippen LogP contribution in [0.25, 0.3) is 0 Å². The Bertz CT molecular complexity index is 817. The molecule has 26 heavy (non-hydrogen) atoms. The van der Waals surface area contributed by atoms with E-state index in [1.807, 2.05) is 13.8 Å². The van der Waals surface area contributed by atoms with E-state index in [0.717, 1.165) is 34.8 Å². The van der Waals surface area contributed by atoms with Gasteiger partial charge < -0.3 is 4.74 Å². The second-order valence-corrected chi connectivity index (χ2v) is 7.39. The minimum atomic E-state index is -0.604. The van der Waals surface area contributed by atoms with Gasteiger partial charge in [-0.2, -0.15) is 5.06 Å². The largest absolute Gasteiger partial charge is 0.431 e. The van der Waals surface area contributed by atoms with Gasteiger partial charge in [0, 0.05) is 17.0 Å². The molecular formula is C18H21N3O4S. The normalized spacial score (nSPS) is 13.8. The molecular weight excluding hydrogens is 354 g/mol. The van der Waals surface area contributed by atoms with Crippen molar-refractivity contribution in [2.45, 2.75) is 33.1 Å². The first kappa shape index (κ1) is 18.3. The van der Waals surface area contributed by atoms with Crippen LogP contribution in [0.4, 0.5) is 10.5 Å². The number of hydroxylamine groups is 1. The molecule has 3 rings (SSSR count). The van der Waals surface area contributed by atoms with E-state index in [2.05, 4.69) is 10.3 Å². The molecule has 1 N–H and O–H groups in total. The van der Waals surface area contributed by atoms with Crippen molar-refractivity contribution in [2.75, 3.05) is 12.2 Å². The molecule has 1 heterocycles. The Morgan fingerprint density at radius 2 is 2.08 bits per heavy atom. The lowest BCUT2D eigenvalue weighted by atomic mass is 9.85. The lowest BCUT2D eigenvalue weighted by Gasteiger charge is -2.26. The topological polar surface area (TPSA) is 80.8 Å². The lowest BCUT2D eigenvalue weighted by molar-refractivity contribution is -0.126. The predicted octanol–water partition coefficient (Wildman–Crippen LogP) is 3.96. The molecule has 1 aromatic carbocycles. The molecule has 0 atom stereocenters. The number of imide groups is 1. The molecule has 0 bridgehead atoms. The molecule has 1 aromatic heterocycles. The molecule has 1 saturated carbocycles. The van der Waals surface area contributed by atoms with Gasteiger partial charge in [-0.3, -0.25) is 14.9 Å². The second kappa shape index (κ2) is 7.84. The van der Waals surface area contributed by atoms with Crippen LogP contribution in [0.1, 0.15) is 29.7 Å². The van der Waals surface area contributed by atoms with Crippen molar-refractivity contribution in [3.8, 4) is 10.9 Å². The van der Waals surface area contributed by atoms with E-state index in [-0.39, 0.29) is 11.8 Å². The van der Waals surface area contributed by atoms with Crippen LogP contribution < -0.4 is 15.1 Å². The van der Waals surface area contributed by atoms with E-state index in [1.54, 1.807) is 24.4 Å². The lowest BCUT2D eigenvalue weighted by Crippen LogP contribution is -2.46. The molecule has 138 valence electrons. The third-order valence-corrected chi connectivity index (χ3v) is 5.05. The van der Waals surface area contributed by atoms with Crippen LogP contribution in [-0.2, 0) is 9.63 Å². The number of hydrogen-bond donors (Lipinski definition) is 1. The molecule has 0 radical (unpaired) electrons. The quantitative estimate of drug-likeness (QED) is 0.800. The monoisotopic (exact) mass is 375 g/mol. The number of urea groups is 1. The standard InChI is InChI=1S/C18H21N3O4S/c1-11-9-14(7-8-15(11)25-18-19-10-12(2)26-18)21(24-3)17(23)20-16(22)13-5-4-6-13/h7-10,13H,4-6H2,1-3H3,(H,20,22,23). The summed E-state index contributed by atoms with van der Waals surface area (Å²) >= 11 is 1.46. The average Bonchev–Trinajstić information content (AvgIpc) is 2.94. The second-order valence-electron chi connectivity index (χ2n) is 6.19. The number of amides is 3. The highest BCUT2D eigenvalue weighted by Crippen LogP contribution is 2.31. The summed E-state index contributed by atoms with van der Waals surface area (Å²) in [6.07, 6.45) is 4.43. The van der Waals surface area contributed by atoms with Crippen LogP contribution >= 0.6 is 11.3 Å². The number of rotatable bonds is 5. The number of nitrogens with zero attached hydrogens (tertiary/aromatic N) is 2. The number of carbonyl (C=O) groups is 2. The van der Waals surface area contributed by atoms with Gasteiger partial charge >= 0.3 is 6.03 Å². The minimum absolute atomic E-state index is 0.0723. The van der Waals surface area contributed by atoms with Crippen molar-refractivity contribution in [2.24, 2.45) is 5.92 Å². The predicted molar refractivity (Wildman–Crippen MR) is 98.5 cm³/mol. The number of nitrogens with one attached hydrogen (secondary N) is 1. The van der Waals surface area contributed by atoms with E-state index in [1.165, 1.54) is 18.4 Å². The Morgan fingerprint density at radius 3 is 2.62 bits per heavy atom. The number of anilines is 1. The summed E-state index contributed by atoms with van der Waals surface area (Å²) in [5.74, 6) is 0.321. The maximum absolute atomic E-state index is 12.3. The Balaban J connectivity index is 1.70. The number of thiazole rings is 1. The zero-order valence-electron chi connectivity index (χ0n) is 14.9. The zero-order valence-corrected chi connectivity index (χ0v) is 15.8. The highest BCUT2D eigenvalue weighted by atomic mass is 32.1. The summed E-state index contributed by atoms with van der Waals surface area (Å²) in [5, 5.41) is 4.01. The third kappa shape index (κ3) is 4.03. The van der Waals surface area contributed by atoms with Crippen LogP contribution in [0.2, 0.25) is 0 Å². The van der Waals surface area contributed by atoms with Gasteiger partial charge in [0.25, 0.3) is 5.19 Å². The van der Waals surface area contributed by atoms with Crippen molar-refractivity contribution in [1.29, 1.82) is 0 Å². The summed E-state index contributed by atoms with van der Waals surface area (Å²) in [6, 6.07) is 4.59. The molecule has 2 aromatic rings. The van der Waals surface area contributed by atoms with E-state index < -0.39 is 6.03 Å². The number of ether oxygens (including phenoxy) is 1. The number of benzene rings is 1. The Kier molecular flexibility index (Phi) is 5.53. The van der Waals surface area contributed by atoms with Gasteiger partial charge in [0.15, 0.2) is 0 Å². The number of aryl methyl sites for hydroxylation is 2. The first-order chi connectivity index (χ1) is 12.5. The summed E-state index contributed by atoms with van der Waals surface area (Å²) in [5.41, 5.74) is 1.32. The first-order valence-electron chi connectivity index (χ1n) is 8.38. The summed E-state index contributed by atoms with van der Waals surface area (Å²) in [7, 11) is 1.38. The van der Waals surface area contributed by atoms with Gasteiger partial charge in [-0.1, -0.05) is 17.8 Å². The summed E-state index contributed by atoms with van der Waals surface area (Å²) in [4.78, 5) is 34.7. The number of hydrogen-bond acceptors (Lipinski definition) is 6. The Hall–Kier alpha value is -2.45. The van der Waals surface area contributed by atoms with Gasteiger partial charge in [0.1, 0.15) is 5.75 Å². The highest BCUT2D eigenvalue weighted by Gasteiger charge is 2.28. The number of carbonyl (C=O) groups excluding carboxylic acids is 2. The van der Waals surface area contributed by atoms with E-state index in [4.69, 9.17) is 9.57 Å². The molecule has 0 spiro atoms. The fourth-order valence-corrected chi connectivity index (χ4v) is 3.20. The molecule has 8 heteroatoms. The van der Waals surface area contributed by atoms with E-state index in [0.29, 0.717) is 16.6 Å². The molecule has 7 nitrogen and oxygen atoms in total. The molecule has 0 aliphatic heterocycles. The van der Waals surface area contributed by atoms with Crippen molar-refractivity contribution >= 4 is 29.0 Å². The summed E-state index contributed by atoms with van der Waals surface area (Å²) in [6.45, 7) is 3.82. The highest BCUT2D eigenvalue weighted by molar-refractivity contribution is 7.13. The third-order valence-electron chi connectivity index (χ3n) is 4.26. The van der Waals surface area contributed by atoms with Gasteiger partial charge in [-0.25, -0.2) is 9.78 Å². The molecule has 3 amide bonds. The molecule has 0 unspecified atom stereocenters. The molecule has 1 aliphatic carbocycles. The van der Waals surface area contributed by atoms with Crippen molar-refractivity contribution in [3.63, 3.8) is 0 Å². The average molecular weight is 375 g/mol. The van der Waals surface area contributed by atoms with Crippen molar-refractivity contribution < 1.29 is 19.2 Å². The van der Waals surface area contributed by atoms with Crippen molar-refractivity contribution in [1.82, 2.24) is 10.3 Å². The summed E-state index contributed by atoms with van der Waals surface area (Å²) < 4.78 is 5.77. The van der Waals surface area contributed by atoms with Crippen LogP contribution in [0, 0.1) is 19.8 Å². The van der Waals surface area contributed by atoms with Crippen LogP contribution in [0.5, 0.6) is 10.9 Å². The first-order valence-corrected chi connectivity index (χ1v) is 9.19. The fraction of sp³-hybridized carbons (Fsp3) is 0.389. The number of aromatic nitrogens is 1. The molecule has 1 aliphatic rings. The fourth-order valence-electron chi connectivity index (χ4n) is 2.58.